The molecule has 0 atom stereocenters. The number of fused-ring (bicyclic) bond motifs is 2. The van der Waals surface area contributed by atoms with E-state index in [1.165, 1.54) is 12.2 Å². The molecule has 0 unspecified atom stereocenters. The van der Waals surface area contributed by atoms with E-state index in [0.717, 1.165) is 30.5 Å². The maximum Gasteiger partial charge on any atom is 0.343 e. The van der Waals surface area contributed by atoms with Crippen LogP contribution in [0, 0.1) is 0 Å². The van der Waals surface area contributed by atoms with Gasteiger partial charge in [-0.2, -0.15) is 0 Å². The van der Waals surface area contributed by atoms with E-state index in [1.54, 1.807) is 121 Å². The third-order valence-electron chi connectivity index (χ3n) is 9.58. The molecule has 0 spiro atoms. The van der Waals surface area contributed by atoms with Gasteiger partial charge in [-0.25, -0.2) is 19.2 Å². The number of rotatable bonds is 11. The van der Waals surface area contributed by atoms with Gasteiger partial charge in [0.2, 0.25) is 0 Å². The number of carbonyl (C=O) groups excluding carboxylic acids is 4. The first-order valence-corrected chi connectivity index (χ1v) is 20.7. The monoisotopic (exact) mass is 942 g/mol. The summed E-state index contributed by atoms with van der Waals surface area (Å²) in [5, 5.41) is 3.20. The lowest BCUT2D eigenvalue weighted by Gasteiger charge is -2.18. The average molecular weight is 945 g/mol. The molecule has 8 rings (SSSR count). The van der Waals surface area contributed by atoms with E-state index in [9.17, 15) is 19.2 Å². The summed E-state index contributed by atoms with van der Waals surface area (Å²) in [6, 6.07) is 49.5. The van der Waals surface area contributed by atoms with Crippen molar-refractivity contribution >= 4 is 89.4 Å². The van der Waals surface area contributed by atoms with Gasteiger partial charge >= 0.3 is 23.9 Å². The highest BCUT2D eigenvalue weighted by Crippen LogP contribution is 2.46. The molecule has 0 amide bonds. The largest absolute Gasteiger partial charge is 0.423 e. The van der Waals surface area contributed by atoms with Crippen molar-refractivity contribution in [2.24, 2.45) is 0 Å². The molecule has 0 saturated carbocycles. The Bertz CT molecular complexity index is 2830. The van der Waals surface area contributed by atoms with Crippen LogP contribution in [0.4, 0.5) is 0 Å². The number of carbonyl (C=O) groups is 4. The minimum atomic E-state index is -0.646. The highest BCUT2D eigenvalue weighted by molar-refractivity contribution is 9.10. The van der Waals surface area contributed by atoms with Crippen LogP contribution in [0.3, 0.4) is 0 Å². The minimum Gasteiger partial charge on any atom is -0.423 e. The Labute approximate surface area is 372 Å². The Balaban J connectivity index is 1.06. The molecule has 10 heteroatoms. The van der Waals surface area contributed by atoms with Crippen molar-refractivity contribution in [2.45, 2.75) is 0 Å². The van der Waals surface area contributed by atoms with E-state index in [2.05, 4.69) is 31.9 Å². The zero-order chi connectivity index (χ0) is 43.0. The average Bonchev–Trinajstić information content (AvgIpc) is 3.29. The Morgan fingerprint density at radius 2 is 0.790 bits per heavy atom. The standard InChI is InChI=1S/C52H32Br2O8/c53-39-19-25-43-37(31-39)17-27-45(61-47(55)29-15-33-11-21-41(22-12-33)59-51(57)35-7-3-1-4-8-35)49(43)50-44-26-20-40(54)32-38(44)18-28-46(50)62-48(56)30-16-34-13-23-42(24-14-34)60-52(58)36-9-5-2-6-10-36/h1-32H/b29-15+,30-16+. The van der Waals surface area contributed by atoms with E-state index < -0.39 is 23.9 Å². The fraction of sp³-hybridized carbons (Fsp3) is 0. The van der Waals surface area contributed by atoms with Crippen molar-refractivity contribution in [2.75, 3.05) is 0 Å². The number of halogens is 2. The predicted molar refractivity (Wildman–Crippen MR) is 247 cm³/mol. The van der Waals surface area contributed by atoms with E-state index >= 15 is 0 Å². The first kappa shape index (κ1) is 41.3. The van der Waals surface area contributed by atoms with Crippen molar-refractivity contribution in [3.63, 3.8) is 0 Å². The van der Waals surface area contributed by atoms with Gasteiger partial charge in [-0.1, -0.05) is 117 Å². The first-order valence-electron chi connectivity index (χ1n) is 19.2. The summed E-state index contributed by atoms with van der Waals surface area (Å²) < 4.78 is 24.8. The van der Waals surface area contributed by atoms with E-state index in [-0.39, 0.29) is 11.5 Å². The van der Waals surface area contributed by atoms with Gasteiger partial charge in [0.25, 0.3) is 0 Å². The van der Waals surface area contributed by atoms with Crippen LogP contribution in [0.1, 0.15) is 31.8 Å². The Kier molecular flexibility index (Phi) is 12.6. The highest BCUT2D eigenvalue weighted by Gasteiger charge is 2.22. The van der Waals surface area contributed by atoms with Crippen molar-refractivity contribution in [3.8, 4) is 34.1 Å². The van der Waals surface area contributed by atoms with Crippen molar-refractivity contribution in [3.05, 3.63) is 213 Å². The Morgan fingerprint density at radius 3 is 1.18 bits per heavy atom. The lowest BCUT2D eigenvalue weighted by molar-refractivity contribution is -0.129. The molecule has 0 heterocycles. The molecule has 0 aliphatic carbocycles. The Morgan fingerprint density at radius 1 is 0.403 bits per heavy atom. The number of benzene rings is 8. The number of hydrogen-bond donors (Lipinski definition) is 0. The van der Waals surface area contributed by atoms with Crippen LogP contribution >= 0.6 is 31.9 Å². The molecule has 0 fully saturated rings. The molecule has 0 N–H and O–H groups in total. The summed E-state index contributed by atoms with van der Waals surface area (Å²) >= 11 is 7.15. The number of ether oxygens (including phenoxy) is 4. The van der Waals surface area contributed by atoms with Gasteiger partial charge in [-0.15, -0.1) is 0 Å². The zero-order valence-corrected chi connectivity index (χ0v) is 35.7. The SMILES string of the molecule is O=C(/C=C/c1ccc(OC(=O)c2ccccc2)cc1)Oc1ccc2cc(Br)ccc2c1-c1c(OC(=O)/C=C/c2ccc(OC(=O)c3ccccc3)cc2)ccc2cc(Br)ccc12. The van der Waals surface area contributed by atoms with Crippen LogP contribution in [0.2, 0.25) is 0 Å². The lowest BCUT2D eigenvalue weighted by Crippen LogP contribution is -2.08. The topological polar surface area (TPSA) is 105 Å². The van der Waals surface area contributed by atoms with Gasteiger partial charge < -0.3 is 18.9 Å². The molecule has 0 bridgehead atoms. The van der Waals surface area contributed by atoms with Gasteiger partial charge in [0.05, 0.1) is 11.1 Å². The molecule has 0 radical (unpaired) electrons. The fourth-order valence-corrected chi connectivity index (χ4v) is 7.39. The lowest BCUT2D eigenvalue weighted by atomic mass is 9.92. The van der Waals surface area contributed by atoms with Gasteiger partial charge in [-0.05, 0) is 130 Å². The first-order chi connectivity index (χ1) is 30.2. The van der Waals surface area contributed by atoms with Crippen LogP contribution in [-0.2, 0) is 9.59 Å². The van der Waals surface area contributed by atoms with Crippen LogP contribution in [0.5, 0.6) is 23.0 Å². The summed E-state index contributed by atoms with van der Waals surface area (Å²) in [5.41, 5.74) is 3.30. The van der Waals surface area contributed by atoms with Crippen LogP contribution < -0.4 is 18.9 Å². The molecule has 0 aliphatic heterocycles. The van der Waals surface area contributed by atoms with Gasteiger partial charge in [0.1, 0.15) is 23.0 Å². The number of esters is 4. The summed E-state index contributed by atoms with van der Waals surface area (Å²) in [6.45, 7) is 0. The molecule has 0 saturated heterocycles. The quantitative estimate of drug-likeness (QED) is 0.0717. The summed E-state index contributed by atoms with van der Waals surface area (Å²) in [7, 11) is 0. The zero-order valence-electron chi connectivity index (χ0n) is 32.5. The molecule has 8 aromatic rings. The third-order valence-corrected chi connectivity index (χ3v) is 10.6. The van der Waals surface area contributed by atoms with Crippen molar-refractivity contribution in [1.29, 1.82) is 0 Å². The highest BCUT2D eigenvalue weighted by atomic mass is 79.9. The maximum atomic E-state index is 13.5. The molecular weight excluding hydrogens is 912 g/mol. The molecule has 8 aromatic carbocycles. The Hall–Kier alpha value is -7.40. The number of hydrogen-bond acceptors (Lipinski definition) is 8. The van der Waals surface area contributed by atoms with Gasteiger partial charge in [0.15, 0.2) is 0 Å². The summed E-state index contributed by atoms with van der Waals surface area (Å²) in [5.74, 6) is -1.04. The predicted octanol–water partition coefficient (Wildman–Crippen LogP) is 12.9. The summed E-state index contributed by atoms with van der Waals surface area (Å²) in [4.78, 5) is 52.1. The minimum absolute atomic E-state index is 0.244. The van der Waals surface area contributed by atoms with E-state index in [1.807, 2.05) is 60.7 Å². The second-order valence-corrected chi connectivity index (χ2v) is 15.6. The molecule has 302 valence electrons. The molecule has 8 nitrogen and oxygen atoms in total. The maximum absolute atomic E-state index is 13.5. The molecule has 0 aromatic heterocycles. The van der Waals surface area contributed by atoms with Gasteiger partial charge in [-0.3, -0.25) is 0 Å². The van der Waals surface area contributed by atoms with Gasteiger partial charge in [0, 0.05) is 32.2 Å². The second-order valence-electron chi connectivity index (χ2n) is 13.8. The van der Waals surface area contributed by atoms with E-state index in [0.29, 0.717) is 44.9 Å². The smallest absolute Gasteiger partial charge is 0.343 e. The molecule has 0 aliphatic rings. The summed E-state index contributed by atoms with van der Waals surface area (Å²) in [6.07, 6.45) is 5.82. The van der Waals surface area contributed by atoms with Crippen LogP contribution in [0.25, 0.3) is 44.8 Å². The molecular formula is C52H32Br2O8. The van der Waals surface area contributed by atoms with Crippen LogP contribution in [0.15, 0.2) is 191 Å². The van der Waals surface area contributed by atoms with Crippen molar-refractivity contribution in [1.82, 2.24) is 0 Å². The molecule has 62 heavy (non-hydrogen) atoms. The normalized spacial score (nSPS) is 11.2. The van der Waals surface area contributed by atoms with Crippen LogP contribution in [-0.4, -0.2) is 23.9 Å². The second kappa shape index (κ2) is 18.9. The van der Waals surface area contributed by atoms with Crippen molar-refractivity contribution < 1.29 is 38.1 Å². The van der Waals surface area contributed by atoms with E-state index in [4.69, 9.17) is 18.9 Å². The third kappa shape index (κ3) is 9.96. The fourth-order valence-electron chi connectivity index (χ4n) is 6.63.